The average molecular weight is 512 g/mol. The molecule has 0 amide bonds. The number of allylic oxidation sites excluding steroid dienone is 3. The minimum atomic E-state index is -0.439. The number of nitrogens with one attached hydrogen (secondary N) is 1. The first-order chi connectivity index (χ1) is 18.6. The number of ether oxygens (including phenoxy) is 1. The standard InChI is InChI=1S/C32H34FN3O2/c1-3-26(37)15-11-6-5-7-12-20-38-30-19-17-25(22-34-30)31(27(4-2)23-13-9-8-10-14-23)24-16-18-29-28(21-24)32(33)36-35-29/h8-11,13-19,21-22H,3-7,12,20H2,1-2H3,(H,35,36)/b15-11+,31-27-. The van der Waals surface area contributed by atoms with E-state index in [1.807, 2.05) is 67.7 Å². The highest BCUT2D eigenvalue weighted by Gasteiger charge is 2.16. The minimum absolute atomic E-state index is 0.171. The van der Waals surface area contributed by atoms with Gasteiger partial charge in [-0.1, -0.05) is 56.3 Å². The highest BCUT2D eigenvalue weighted by atomic mass is 19.1. The number of H-pyrrole nitrogens is 1. The molecule has 38 heavy (non-hydrogen) atoms. The number of aromatic amines is 1. The number of nitrogens with zero attached hydrogens (tertiary/aromatic N) is 2. The molecule has 2 aromatic heterocycles. The number of pyridine rings is 1. The third kappa shape index (κ3) is 6.82. The number of benzene rings is 2. The van der Waals surface area contributed by atoms with E-state index < -0.39 is 5.95 Å². The van der Waals surface area contributed by atoms with Crippen molar-refractivity contribution in [3.8, 4) is 5.88 Å². The number of rotatable bonds is 13. The summed E-state index contributed by atoms with van der Waals surface area (Å²) in [5, 5.41) is 6.92. The van der Waals surface area contributed by atoms with Gasteiger partial charge in [0.25, 0.3) is 0 Å². The van der Waals surface area contributed by atoms with E-state index in [1.54, 1.807) is 6.08 Å². The van der Waals surface area contributed by atoms with Gasteiger partial charge in [-0.3, -0.25) is 9.89 Å². The molecule has 6 heteroatoms. The van der Waals surface area contributed by atoms with Crippen LogP contribution in [-0.2, 0) is 4.79 Å². The van der Waals surface area contributed by atoms with Crippen molar-refractivity contribution < 1.29 is 13.9 Å². The molecule has 2 aromatic carbocycles. The summed E-state index contributed by atoms with van der Waals surface area (Å²) in [6.45, 7) is 4.59. The van der Waals surface area contributed by atoms with E-state index in [1.165, 1.54) is 0 Å². The number of unbranched alkanes of at least 4 members (excludes halogenated alkanes) is 3. The SMILES string of the molecule is CCC(=O)/C=C/CCCCCOc1ccc(/C(=C(/CC)c2ccccc2)c2ccc3n[nH]c(F)c3c2)cn1. The number of aromatic nitrogens is 3. The van der Waals surface area contributed by atoms with Crippen LogP contribution in [-0.4, -0.2) is 27.6 Å². The first-order valence-electron chi connectivity index (χ1n) is 13.3. The molecule has 196 valence electrons. The molecule has 0 radical (unpaired) electrons. The molecule has 0 unspecified atom stereocenters. The molecule has 1 N–H and O–H groups in total. The lowest BCUT2D eigenvalue weighted by atomic mass is 9.88. The van der Waals surface area contributed by atoms with Crippen LogP contribution in [0.5, 0.6) is 5.88 Å². The van der Waals surface area contributed by atoms with Crippen molar-refractivity contribution in [2.75, 3.05) is 6.61 Å². The normalized spacial score (nSPS) is 12.2. The second-order valence-electron chi connectivity index (χ2n) is 9.15. The van der Waals surface area contributed by atoms with Crippen LogP contribution in [0.25, 0.3) is 22.0 Å². The summed E-state index contributed by atoms with van der Waals surface area (Å²) in [6, 6.07) is 19.8. The summed E-state index contributed by atoms with van der Waals surface area (Å²) < 4.78 is 20.2. The highest BCUT2D eigenvalue weighted by Crippen LogP contribution is 2.35. The van der Waals surface area contributed by atoms with E-state index in [2.05, 4.69) is 34.2 Å². The Morgan fingerprint density at radius 3 is 2.50 bits per heavy atom. The van der Waals surface area contributed by atoms with Crippen LogP contribution < -0.4 is 4.74 Å². The number of hydrogen-bond acceptors (Lipinski definition) is 4. The molecular weight excluding hydrogens is 477 g/mol. The maximum absolute atomic E-state index is 14.4. The fourth-order valence-corrected chi connectivity index (χ4v) is 4.48. The van der Waals surface area contributed by atoms with Crippen LogP contribution in [0.4, 0.5) is 4.39 Å². The van der Waals surface area contributed by atoms with Crippen molar-refractivity contribution in [2.24, 2.45) is 0 Å². The van der Waals surface area contributed by atoms with Gasteiger partial charge < -0.3 is 4.74 Å². The molecule has 0 saturated heterocycles. The number of hydrogen-bond donors (Lipinski definition) is 1. The summed E-state index contributed by atoms with van der Waals surface area (Å²) in [4.78, 5) is 15.9. The summed E-state index contributed by atoms with van der Waals surface area (Å²) >= 11 is 0. The molecule has 4 aromatic rings. The molecular formula is C32H34FN3O2. The van der Waals surface area contributed by atoms with Gasteiger partial charge in [-0.05, 0) is 78.7 Å². The zero-order chi connectivity index (χ0) is 26.7. The lowest BCUT2D eigenvalue weighted by Gasteiger charge is -2.16. The number of fused-ring (bicyclic) bond motifs is 1. The van der Waals surface area contributed by atoms with Crippen LogP contribution in [0.3, 0.4) is 0 Å². The van der Waals surface area contributed by atoms with Crippen LogP contribution >= 0.6 is 0 Å². The van der Waals surface area contributed by atoms with E-state index in [0.29, 0.717) is 29.8 Å². The number of carbonyl (C=O) groups is 1. The van der Waals surface area contributed by atoms with Crippen molar-refractivity contribution in [3.63, 3.8) is 0 Å². The van der Waals surface area contributed by atoms with Crippen LogP contribution in [0, 0.1) is 5.95 Å². The van der Waals surface area contributed by atoms with Crippen LogP contribution in [0.1, 0.15) is 69.1 Å². The van der Waals surface area contributed by atoms with Gasteiger partial charge in [-0.25, -0.2) is 4.98 Å². The molecule has 0 aliphatic rings. The Balaban J connectivity index is 1.51. The van der Waals surface area contributed by atoms with Gasteiger partial charge in [0.15, 0.2) is 5.78 Å². The van der Waals surface area contributed by atoms with Gasteiger partial charge in [0.1, 0.15) is 0 Å². The highest BCUT2D eigenvalue weighted by molar-refractivity contribution is 6.00. The Morgan fingerprint density at radius 1 is 0.947 bits per heavy atom. The molecule has 0 spiro atoms. The van der Waals surface area contributed by atoms with Crippen molar-refractivity contribution in [1.82, 2.24) is 15.2 Å². The topological polar surface area (TPSA) is 67.9 Å². The van der Waals surface area contributed by atoms with Gasteiger partial charge in [0.2, 0.25) is 11.8 Å². The maximum atomic E-state index is 14.4. The summed E-state index contributed by atoms with van der Waals surface area (Å²) in [7, 11) is 0. The minimum Gasteiger partial charge on any atom is -0.478 e. The Kier molecular flexibility index (Phi) is 9.57. The monoisotopic (exact) mass is 511 g/mol. The van der Waals surface area contributed by atoms with Crippen LogP contribution in [0.15, 0.2) is 79.0 Å². The predicted octanol–water partition coefficient (Wildman–Crippen LogP) is 7.94. The molecule has 0 atom stereocenters. The number of halogens is 1. The van der Waals surface area contributed by atoms with E-state index in [0.717, 1.165) is 59.9 Å². The lowest BCUT2D eigenvalue weighted by molar-refractivity contribution is -0.114. The third-order valence-electron chi connectivity index (χ3n) is 6.52. The molecule has 4 rings (SSSR count). The van der Waals surface area contributed by atoms with Gasteiger partial charge >= 0.3 is 0 Å². The van der Waals surface area contributed by atoms with Gasteiger partial charge in [0, 0.05) is 24.2 Å². The van der Waals surface area contributed by atoms with E-state index >= 15 is 0 Å². The van der Waals surface area contributed by atoms with E-state index in [9.17, 15) is 9.18 Å². The maximum Gasteiger partial charge on any atom is 0.216 e. The summed E-state index contributed by atoms with van der Waals surface area (Å²) in [5.41, 5.74) is 5.72. The molecule has 5 nitrogen and oxygen atoms in total. The molecule has 2 heterocycles. The first-order valence-corrected chi connectivity index (χ1v) is 13.3. The van der Waals surface area contributed by atoms with E-state index in [4.69, 9.17) is 4.74 Å². The largest absolute Gasteiger partial charge is 0.478 e. The average Bonchev–Trinajstić information content (AvgIpc) is 3.33. The molecule has 0 fully saturated rings. The third-order valence-corrected chi connectivity index (χ3v) is 6.52. The van der Waals surface area contributed by atoms with Crippen molar-refractivity contribution in [3.05, 3.63) is 102 Å². The second kappa shape index (κ2) is 13.5. The fraction of sp³-hybridized carbons (Fsp3) is 0.281. The summed E-state index contributed by atoms with van der Waals surface area (Å²) in [5.74, 6) is 0.312. The van der Waals surface area contributed by atoms with Crippen LogP contribution in [0.2, 0.25) is 0 Å². The number of carbonyl (C=O) groups excluding carboxylic acids is 1. The molecule has 0 aliphatic heterocycles. The lowest BCUT2D eigenvalue weighted by Crippen LogP contribution is -2.00. The van der Waals surface area contributed by atoms with Gasteiger partial charge in [-0.2, -0.15) is 9.49 Å². The quantitative estimate of drug-likeness (QED) is 0.112. The van der Waals surface area contributed by atoms with Gasteiger partial charge in [-0.15, -0.1) is 0 Å². The zero-order valence-corrected chi connectivity index (χ0v) is 22.0. The predicted molar refractivity (Wildman–Crippen MR) is 151 cm³/mol. The fourth-order valence-electron chi connectivity index (χ4n) is 4.48. The first kappa shape index (κ1) is 27.0. The smallest absolute Gasteiger partial charge is 0.216 e. The van der Waals surface area contributed by atoms with Gasteiger partial charge in [0.05, 0.1) is 17.5 Å². The number of ketones is 1. The Bertz CT molecular complexity index is 1410. The van der Waals surface area contributed by atoms with E-state index in [-0.39, 0.29) is 5.78 Å². The van der Waals surface area contributed by atoms with Crippen molar-refractivity contribution in [2.45, 2.75) is 52.4 Å². The Morgan fingerprint density at radius 2 is 1.76 bits per heavy atom. The Hall–Kier alpha value is -4.06. The zero-order valence-electron chi connectivity index (χ0n) is 22.0. The molecule has 0 aliphatic carbocycles. The van der Waals surface area contributed by atoms with Crippen molar-refractivity contribution in [1.29, 1.82) is 0 Å². The molecule has 0 bridgehead atoms. The Labute approximate surface area is 223 Å². The second-order valence-corrected chi connectivity index (χ2v) is 9.15. The molecule has 0 saturated carbocycles. The van der Waals surface area contributed by atoms with Crippen molar-refractivity contribution >= 4 is 27.8 Å². The summed E-state index contributed by atoms with van der Waals surface area (Å²) in [6.07, 6.45) is 10.7.